The SMILES string of the molecule is COc1ccc(C)cc1C(C)NC(=O)c1cc(S(=O)(=O)N(C)C)ccc1Cl. The van der Waals surface area contributed by atoms with Gasteiger partial charge in [-0.25, -0.2) is 12.7 Å². The molecule has 1 amide bonds. The highest BCUT2D eigenvalue weighted by Crippen LogP contribution is 2.27. The van der Waals surface area contributed by atoms with Gasteiger partial charge in [-0.05, 0) is 38.1 Å². The van der Waals surface area contributed by atoms with E-state index in [0.29, 0.717) is 5.75 Å². The molecule has 0 saturated heterocycles. The van der Waals surface area contributed by atoms with Gasteiger partial charge in [0, 0.05) is 19.7 Å². The summed E-state index contributed by atoms with van der Waals surface area (Å²) in [6.45, 7) is 3.77. The van der Waals surface area contributed by atoms with Gasteiger partial charge in [0.1, 0.15) is 5.75 Å². The molecular weight excluding hydrogens is 388 g/mol. The number of methoxy groups -OCH3 is 1. The van der Waals surface area contributed by atoms with E-state index in [1.165, 1.54) is 32.3 Å². The Kier molecular flexibility index (Phi) is 6.51. The van der Waals surface area contributed by atoms with Gasteiger partial charge in [0.05, 0.1) is 28.6 Å². The topological polar surface area (TPSA) is 75.7 Å². The second kappa shape index (κ2) is 8.29. The molecule has 0 fully saturated rings. The number of hydrogen-bond acceptors (Lipinski definition) is 4. The molecule has 0 radical (unpaired) electrons. The first-order chi connectivity index (χ1) is 12.6. The first kappa shape index (κ1) is 21.2. The van der Waals surface area contributed by atoms with Gasteiger partial charge in [0.15, 0.2) is 0 Å². The van der Waals surface area contributed by atoms with Gasteiger partial charge in [-0.15, -0.1) is 0 Å². The summed E-state index contributed by atoms with van der Waals surface area (Å²) in [5, 5.41) is 3.03. The average Bonchev–Trinajstić information content (AvgIpc) is 2.61. The van der Waals surface area contributed by atoms with Crippen molar-refractivity contribution in [1.29, 1.82) is 0 Å². The molecule has 2 rings (SSSR count). The van der Waals surface area contributed by atoms with E-state index in [-0.39, 0.29) is 21.5 Å². The first-order valence-corrected chi connectivity index (χ1v) is 10.1. The second-order valence-corrected chi connectivity index (χ2v) is 8.93. The van der Waals surface area contributed by atoms with E-state index in [0.717, 1.165) is 15.4 Å². The zero-order valence-electron chi connectivity index (χ0n) is 15.9. The fourth-order valence-corrected chi connectivity index (χ4v) is 3.73. The van der Waals surface area contributed by atoms with Crippen LogP contribution in [0.4, 0.5) is 0 Å². The highest BCUT2D eigenvalue weighted by atomic mass is 35.5. The van der Waals surface area contributed by atoms with Crippen LogP contribution in [0.2, 0.25) is 5.02 Å². The predicted octanol–water partition coefficient (Wildman–Crippen LogP) is 3.40. The number of carbonyl (C=O) groups excluding carboxylic acids is 1. The summed E-state index contributed by atoms with van der Waals surface area (Å²) in [5.41, 5.74) is 1.95. The van der Waals surface area contributed by atoms with Crippen LogP contribution in [0.5, 0.6) is 5.75 Å². The van der Waals surface area contributed by atoms with Gasteiger partial charge in [0.25, 0.3) is 5.91 Å². The number of carbonyl (C=O) groups is 1. The third kappa shape index (κ3) is 4.61. The standard InChI is InChI=1S/C19H23ClN2O4S/c1-12-6-9-18(26-5)15(10-12)13(2)21-19(23)16-11-14(7-8-17(16)20)27(24,25)22(3)4/h6-11,13H,1-5H3,(H,21,23). The lowest BCUT2D eigenvalue weighted by atomic mass is 10.0. The Morgan fingerprint density at radius 1 is 1.19 bits per heavy atom. The molecule has 0 aliphatic rings. The number of sulfonamides is 1. The van der Waals surface area contributed by atoms with Crippen LogP contribution >= 0.6 is 11.6 Å². The number of hydrogen-bond donors (Lipinski definition) is 1. The molecule has 0 heterocycles. The van der Waals surface area contributed by atoms with Gasteiger partial charge in [-0.1, -0.05) is 29.3 Å². The van der Waals surface area contributed by atoms with E-state index >= 15 is 0 Å². The smallest absolute Gasteiger partial charge is 0.253 e. The zero-order chi connectivity index (χ0) is 20.4. The Morgan fingerprint density at radius 3 is 2.44 bits per heavy atom. The molecule has 1 atom stereocenters. The van der Waals surface area contributed by atoms with Crippen LogP contribution in [0.15, 0.2) is 41.3 Å². The van der Waals surface area contributed by atoms with E-state index in [4.69, 9.17) is 16.3 Å². The van der Waals surface area contributed by atoms with Gasteiger partial charge in [-0.2, -0.15) is 0 Å². The third-order valence-corrected chi connectivity index (χ3v) is 6.30. The van der Waals surface area contributed by atoms with Crippen LogP contribution in [-0.2, 0) is 10.0 Å². The summed E-state index contributed by atoms with van der Waals surface area (Å²) >= 11 is 6.14. The predicted molar refractivity (Wildman–Crippen MR) is 106 cm³/mol. The van der Waals surface area contributed by atoms with Crippen LogP contribution in [-0.4, -0.2) is 39.8 Å². The lowest BCUT2D eigenvalue weighted by Crippen LogP contribution is -2.28. The molecule has 27 heavy (non-hydrogen) atoms. The number of halogens is 1. The summed E-state index contributed by atoms with van der Waals surface area (Å²) in [4.78, 5) is 12.7. The number of nitrogens with one attached hydrogen (secondary N) is 1. The Labute approximate surface area is 165 Å². The van der Waals surface area contributed by atoms with Crippen LogP contribution < -0.4 is 10.1 Å². The quantitative estimate of drug-likeness (QED) is 0.791. The van der Waals surface area contributed by atoms with E-state index in [2.05, 4.69) is 5.32 Å². The zero-order valence-corrected chi connectivity index (χ0v) is 17.5. The van der Waals surface area contributed by atoms with Gasteiger partial charge in [0.2, 0.25) is 10.0 Å². The average molecular weight is 411 g/mol. The van der Waals surface area contributed by atoms with Crippen molar-refractivity contribution in [2.75, 3.05) is 21.2 Å². The molecule has 0 aliphatic carbocycles. The molecule has 2 aromatic carbocycles. The fraction of sp³-hybridized carbons (Fsp3) is 0.316. The highest BCUT2D eigenvalue weighted by Gasteiger charge is 2.22. The molecule has 0 spiro atoms. The fourth-order valence-electron chi connectivity index (χ4n) is 2.59. The Morgan fingerprint density at radius 2 is 1.85 bits per heavy atom. The van der Waals surface area contributed by atoms with Crippen molar-refractivity contribution < 1.29 is 17.9 Å². The minimum atomic E-state index is -3.67. The molecule has 146 valence electrons. The summed E-state index contributed by atoms with van der Waals surface area (Å²) in [5.74, 6) is 0.190. The van der Waals surface area contributed by atoms with Crippen LogP contribution in [0.25, 0.3) is 0 Å². The van der Waals surface area contributed by atoms with Gasteiger partial charge < -0.3 is 10.1 Å². The van der Waals surface area contributed by atoms with E-state index < -0.39 is 15.9 Å². The summed E-state index contributed by atoms with van der Waals surface area (Å²) < 4.78 is 31.1. The lowest BCUT2D eigenvalue weighted by Gasteiger charge is -2.19. The van der Waals surface area contributed by atoms with Gasteiger partial charge >= 0.3 is 0 Å². The molecular formula is C19H23ClN2O4S. The molecule has 0 saturated carbocycles. The summed E-state index contributed by atoms with van der Waals surface area (Å²) in [6.07, 6.45) is 0. The van der Waals surface area contributed by atoms with Crippen molar-refractivity contribution in [3.05, 3.63) is 58.1 Å². The maximum Gasteiger partial charge on any atom is 0.253 e. The summed E-state index contributed by atoms with van der Waals surface area (Å²) in [7, 11) is 0.745. The molecule has 0 aliphatic heterocycles. The van der Waals surface area contributed by atoms with Gasteiger partial charge in [-0.3, -0.25) is 4.79 Å². The van der Waals surface area contributed by atoms with Crippen molar-refractivity contribution in [2.45, 2.75) is 24.8 Å². The molecule has 1 unspecified atom stereocenters. The Balaban J connectivity index is 2.35. The molecule has 0 aromatic heterocycles. The highest BCUT2D eigenvalue weighted by molar-refractivity contribution is 7.89. The Hall–Kier alpha value is -2.09. The molecule has 6 nitrogen and oxygen atoms in total. The number of nitrogens with zero attached hydrogens (tertiary/aromatic N) is 1. The Bertz CT molecular complexity index is 958. The van der Waals surface area contributed by atoms with Crippen LogP contribution in [0, 0.1) is 6.92 Å². The molecule has 2 aromatic rings. The third-order valence-electron chi connectivity index (χ3n) is 4.16. The first-order valence-electron chi connectivity index (χ1n) is 8.25. The van der Waals surface area contributed by atoms with Crippen LogP contribution in [0.1, 0.15) is 34.5 Å². The maximum atomic E-state index is 12.7. The molecule has 1 N–H and O–H groups in total. The van der Waals surface area contributed by atoms with Crippen molar-refractivity contribution >= 4 is 27.5 Å². The van der Waals surface area contributed by atoms with Crippen molar-refractivity contribution in [3.63, 3.8) is 0 Å². The number of amides is 1. The van der Waals surface area contributed by atoms with Crippen molar-refractivity contribution in [1.82, 2.24) is 9.62 Å². The maximum absolute atomic E-state index is 12.7. The normalized spacial score (nSPS) is 12.7. The van der Waals surface area contributed by atoms with E-state index in [1.54, 1.807) is 7.11 Å². The summed E-state index contributed by atoms with van der Waals surface area (Å²) in [6, 6.07) is 9.39. The minimum Gasteiger partial charge on any atom is -0.496 e. The number of ether oxygens (including phenoxy) is 1. The minimum absolute atomic E-state index is 0.00263. The number of rotatable bonds is 6. The monoisotopic (exact) mass is 410 g/mol. The molecule has 8 heteroatoms. The largest absolute Gasteiger partial charge is 0.496 e. The van der Waals surface area contributed by atoms with Crippen molar-refractivity contribution in [3.8, 4) is 5.75 Å². The second-order valence-electron chi connectivity index (χ2n) is 6.37. The lowest BCUT2D eigenvalue weighted by molar-refractivity contribution is 0.0939. The van der Waals surface area contributed by atoms with Crippen molar-refractivity contribution in [2.24, 2.45) is 0 Å². The van der Waals surface area contributed by atoms with E-state index in [1.807, 2.05) is 32.0 Å². The molecule has 0 bridgehead atoms. The van der Waals surface area contributed by atoms with Crippen LogP contribution in [0.3, 0.4) is 0 Å². The van der Waals surface area contributed by atoms with E-state index in [9.17, 15) is 13.2 Å². The number of benzene rings is 2. The number of aryl methyl sites for hydroxylation is 1.